The SMILES string of the molecule is CCOC(CC)c1nc(Cl)c(I)c(COC)n1. The number of halogens is 2. The second-order valence-corrected chi connectivity index (χ2v) is 4.86. The Morgan fingerprint density at radius 1 is 1.35 bits per heavy atom. The molecule has 6 heteroatoms. The Labute approximate surface area is 120 Å². The number of aromatic nitrogens is 2. The Morgan fingerprint density at radius 3 is 2.59 bits per heavy atom. The molecule has 4 nitrogen and oxygen atoms in total. The zero-order chi connectivity index (χ0) is 12.8. The zero-order valence-electron chi connectivity index (χ0n) is 10.2. The van der Waals surface area contributed by atoms with Crippen LogP contribution in [0, 0.1) is 3.57 Å². The maximum Gasteiger partial charge on any atom is 0.159 e. The van der Waals surface area contributed by atoms with Crippen molar-refractivity contribution in [1.29, 1.82) is 0 Å². The topological polar surface area (TPSA) is 44.2 Å². The van der Waals surface area contributed by atoms with Crippen molar-refractivity contribution < 1.29 is 9.47 Å². The molecule has 0 saturated heterocycles. The van der Waals surface area contributed by atoms with Gasteiger partial charge in [0.2, 0.25) is 0 Å². The molecule has 1 aromatic heterocycles. The fraction of sp³-hybridized carbons (Fsp3) is 0.636. The van der Waals surface area contributed by atoms with E-state index in [4.69, 9.17) is 21.1 Å². The van der Waals surface area contributed by atoms with E-state index in [-0.39, 0.29) is 6.10 Å². The number of ether oxygens (including phenoxy) is 2. The first kappa shape index (κ1) is 15.1. The minimum atomic E-state index is -0.106. The van der Waals surface area contributed by atoms with E-state index in [1.807, 2.05) is 13.8 Å². The number of methoxy groups -OCH3 is 1. The first-order chi connectivity index (χ1) is 8.13. The molecule has 0 radical (unpaired) electrons. The molecule has 1 atom stereocenters. The first-order valence-corrected chi connectivity index (χ1v) is 6.92. The first-order valence-electron chi connectivity index (χ1n) is 5.46. The second kappa shape index (κ2) is 7.45. The number of hydrogen-bond donors (Lipinski definition) is 0. The smallest absolute Gasteiger partial charge is 0.159 e. The highest BCUT2D eigenvalue weighted by Gasteiger charge is 2.17. The maximum absolute atomic E-state index is 6.09. The van der Waals surface area contributed by atoms with E-state index in [0.29, 0.717) is 24.2 Å². The van der Waals surface area contributed by atoms with Crippen LogP contribution >= 0.6 is 34.2 Å². The highest BCUT2D eigenvalue weighted by atomic mass is 127. The van der Waals surface area contributed by atoms with Crippen LogP contribution in [0.3, 0.4) is 0 Å². The van der Waals surface area contributed by atoms with Gasteiger partial charge >= 0.3 is 0 Å². The molecule has 0 N–H and O–H groups in total. The van der Waals surface area contributed by atoms with Crippen LogP contribution in [-0.4, -0.2) is 23.7 Å². The average molecular weight is 371 g/mol. The molecule has 0 amide bonds. The summed E-state index contributed by atoms with van der Waals surface area (Å²) in [4.78, 5) is 8.73. The van der Waals surface area contributed by atoms with Crippen LogP contribution in [0.25, 0.3) is 0 Å². The van der Waals surface area contributed by atoms with E-state index in [2.05, 4.69) is 32.6 Å². The van der Waals surface area contributed by atoms with E-state index in [0.717, 1.165) is 15.7 Å². The maximum atomic E-state index is 6.09. The van der Waals surface area contributed by atoms with Crippen molar-refractivity contribution in [3.63, 3.8) is 0 Å². The van der Waals surface area contributed by atoms with Gasteiger partial charge in [0.05, 0.1) is 15.9 Å². The Balaban J connectivity index is 3.07. The summed E-state index contributed by atoms with van der Waals surface area (Å²) in [7, 11) is 1.63. The standard InChI is InChI=1S/C11H16ClIN2O2/c1-4-8(17-5-2)11-14-7(6-16-3)9(13)10(12)15-11/h8H,4-6H2,1-3H3. The van der Waals surface area contributed by atoms with Crippen molar-refractivity contribution in [2.45, 2.75) is 33.0 Å². The van der Waals surface area contributed by atoms with Crippen LogP contribution in [0.15, 0.2) is 0 Å². The molecule has 0 fully saturated rings. The minimum Gasteiger partial charge on any atom is -0.378 e. The van der Waals surface area contributed by atoms with Gasteiger partial charge < -0.3 is 9.47 Å². The fourth-order valence-corrected chi connectivity index (χ4v) is 2.03. The minimum absolute atomic E-state index is 0.106. The van der Waals surface area contributed by atoms with Crippen LogP contribution in [0.1, 0.15) is 37.9 Å². The van der Waals surface area contributed by atoms with E-state index >= 15 is 0 Å². The van der Waals surface area contributed by atoms with Crippen LogP contribution < -0.4 is 0 Å². The van der Waals surface area contributed by atoms with Gasteiger partial charge in [-0.3, -0.25) is 0 Å². The van der Waals surface area contributed by atoms with Crippen molar-refractivity contribution in [2.75, 3.05) is 13.7 Å². The zero-order valence-corrected chi connectivity index (χ0v) is 13.1. The van der Waals surface area contributed by atoms with Gasteiger partial charge in [-0.05, 0) is 35.9 Å². The highest BCUT2D eigenvalue weighted by Crippen LogP contribution is 2.24. The summed E-state index contributed by atoms with van der Waals surface area (Å²) in [5.41, 5.74) is 0.807. The molecule has 0 spiro atoms. The molecular formula is C11H16ClIN2O2. The summed E-state index contributed by atoms with van der Waals surface area (Å²) in [6.45, 7) is 5.04. The summed E-state index contributed by atoms with van der Waals surface area (Å²) in [5, 5.41) is 0.459. The molecule has 1 heterocycles. The third kappa shape index (κ3) is 4.01. The molecule has 17 heavy (non-hydrogen) atoms. The van der Waals surface area contributed by atoms with Crippen LogP contribution in [-0.2, 0) is 16.1 Å². The van der Waals surface area contributed by atoms with E-state index in [1.165, 1.54) is 0 Å². The van der Waals surface area contributed by atoms with Crippen molar-refractivity contribution >= 4 is 34.2 Å². The molecular weight excluding hydrogens is 354 g/mol. The Bertz CT molecular complexity index is 377. The Kier molecular flexibility index (Phi) is 6.61. The van der Waals surface area contributed by atoms with Gasteiger partial charge in [-0.1, -0.05) is 18.5 Å². The van der Waals surface area contributed by atoms with Gasteiger partial charge in [-0.15, -0.1) is 0 Å². The molecule has 0 aliphatic carbocycles. The van der Waals surface area contributed by atoms with E-state index in [1.54, 1.807) is 7.11 Å². The summed E-state index contributed by atoms with van der Waals surface area (Å²) >= 11 is 8.21. The van der Waals surface area contributed by atoms with Gasteiger partial charge in [0.25, 0.3) is 0 Å². The molecule has 1 aromatic rings. The molecule has 0 aromatic carbocycles. The molecule has 0 bridgehead atoms. The lowest BCUT2D eigenvalue weighted by Crippen LogP contribution is -2.11. The normalized spacial score (nSPS) is 12.8. The van der Waals surface area contributed by atoms with Crippen molar-refractivity contribution in [2.24, 2.45) is 0 Å². The van der Waals surface area contributed by atoms with Crippen molar-refractivity contribution in [1.82, 2.24) is 9.97 Å². The monoisotopic (exact) mass is 370 g/mol. The van der Waals surface area contributed by atoms with Gasteiger partial charge in [-0.2, -0.15) is 0 Å². The Hall–Kier alpha value is 0.0200. The summed E-state index contributed by atoms with van der Waals surface area (Å²) < 4.78 is 11.5. The molecule has 1 unspecified atom stereocenters. The fourth-order valence-electron chi connectivity index (χ4n) is 1.43. The largest absolute Gasteiger partial charge is 0.378 e. The van der Waals surface area contributed by atoms with Crippen LogP contribution in [0.5, 0.6) is 0 Å². The lowest BCUT2D eigenvalue weighted by molar-refractivity contribution is 0.0529. The average Bonchev–Trinajstić information content (AvgIpc) is 2.32. The van der Waals surface area contributed by atoms with Crippen molar-refractivity contribution in [3.8, 4) is 0 Å². The number of hydrogen-bond acceptors (Lipinski definition) is 4. The molecule has 1 rings (SSSR count). The summed E-state index contributed by atoms with van der Waals surface area (Å²) in [6.07, 6.45) is 0.710. The Morgan fingerprint density at radius 2 is 2.06 bits per heavy atom. The number of rotatable bonds is 6. The van der Waals surface area contributed by atoms with Crippen molar-refractivity contribution in [3.05, 3.63) is 20.2 Å². The second-order valence-electron chi connectivity index (χ2n) is 3.42. The van der Waals surface area contributed by atoms with Crippen LogP contribution in [0.4, 0.5) is 0 Å². The van der Waals surface area contributed by atoms with Gasteiger partial charge in [0.15, 0.2) is 5.82 Å². The van der Waals surface area contributed by atoms with Gasteiger partial charge in [0.1, 0.15) is 11.3 Å². The summed E-state index contributed by atoms with van der Waals surface area (Å²) in [6, 6.07) is 0. The predicted octanol–water partition coefficient (Wildman–Crippen LogP) is 3.37. The van der Waals surface area contributed by atoms with Crippen LogP contribution in [0.2, 0.25) is 5.15 Å². The molecule has 0 aliphatic rings. The molecule has 0 saturated carbocycles. The third-order valence-corrected chi connectivity index (χ3v) is 3.93. The number of nitrogens with zero attached hydrogens (tertiary/aromatic N) is 2. The lowest BCUT2D eigenvalue weighted by Gasteiger charge is -2.15. The van der Waals surface area contributed by atoms with Gasteiger partial charge in [0, 0.05) is 13.7 Å². The molecule has 0 aliphatic heterocycles. The predicted molar refractivity (Wildman–Crippen MR) is 75.1 cm³/mol. The summed E-state index contributed by atoms with van der Waals surface area (Å²) in [5.74, 6) is 0.631. The highest BCUT2D eigenvalue weighted by molar-refractivity contribution is 14.1. The van der Waals surface area contributed by atoms with Gasteiger partial charge in [-0.25, -0.2) is 9.97 Å². The lowest BCUT2D eigenvalue weighted by atomic mass is 10.2. The van der Waals surface area contributed by atoms with E-state index in [9.17, 15) is 0 Å². The quantitative estimate of drug-likeness (QED) is 0.569. The molecule has 96 valence electrons. The van der Waals surface area contributed by atoms with E-state index < -0.39 is 0 Å². The third-order valence-electron chi connectivity index (χ3n) is 2.20.